The number of nitrogens with zero attached hydrogens (tertiary/aromatic N) is 1. The molecule has 0 amide bonds. The van der Waals surface area contributed by atoms with Crippen molar-refractivity contribution in [1.29, 1.82) is 5.26 Å². The fourth-order valence-corrected chi connectivity index (χ4v) is 2.04. The molecule has 5 nitrogen and oxygen atoms in total. The van der Waals surface area contributed by atoms with Gasteiger partial charge in [0.15, 0.2) is 11.5 Å². The molecule has 0 atom stereocenters. The van der Waals surface area contributed by atoms with Gasteiger partial charge in [0.2, 0.25) is 0 Å². The lowest BCUT2D eigenvalue weighted by Gasteiger charge is -2.17. The van der Waals surface area contributed by atoms with Crippen LogP contribution in [0.15, 0.2) is 18.2 Å². The molecule has 1 saturated carbocycles. The van der Waals surface area contributed by atoms with Crippen molar-refractivity contribution in [2.45, 2.75) is 26.2 Å². The molecule has 1 aromatic rings. The Hall–Kier alpha value is -2.22. The van der Waals surface area contributed by atoms with Crippen molar-refractivity contribution < 1.29 is 19.4 Å². The van der Waals surface area contributed by atoms with Gasteiger partial charge in [-0.15, -0.1) is 0 Å². The van der Waals surface area contributed by atoms with E-state index in [0.29, 0.717) is 25.4 Å². The van der Waals surface area contributed by atoms with Crippen molar-refractivity contribution in [2.75, 3.05) is 13.2 Å². The van der Waals surface area contributed by atoms with E-state index in [9.17, 15) is 9.90 Å². The summed E-state index contributed by atoms with van der Waals surface area (Å²) in [6.45, 7) is 2.61. The summed E-state index contributed by atoms with van der Waals surface area (Å²) >= 11 is 0. The van der Waals surface area contributed by atoms with Crippen LogP contribution in [0, 0.1) is 16.7 Å². The maximum absolute atomic E-state index is 11.3. The van der Waals surface area contributed by atoms with Gasteiger partial charge in [-0.25, -0.2) is 4.79 Å². The molecule has 1 fully saturated rings. The molecule has 20 heavy (non-hydrogen) atoms. The minimum absolute atomic E-state index is 0.0868. The van der Waals surface area contributed by atoms with E-state index in [1.165, 1.54) is 6.07 Å². The smallest absolute Gasteiger partial charge is 0.339 e. The topological polar surface area (TPSA) is 79.6 Å². The fourth-order valence-electron chi connectivity index (χ4n) is 2.04. The van der Waals surface area contributed by atoms with Crippen LogP contribution in [0.25, 0.3) is 0 Å². The number of carbonyl (C=O) groups is 1. The van der Waals surface area contributed by atoms with E-state index in [4.69, 9.17) is 14.7 Å². The molecule has 0 unspecified atom stereocenters. The maximum Gasteiger partial charge on any atom is 0.339 e. The number of para-hydroxylation sites is 1. The zero-order valence-corrected chi connectivity index (χ0v) is 11.4. The summed E-state index contributed by atoms with van der Waals surface area (Å²) < 4.78 is 11.1. The van der Waals surface area contributed by atoms with Gasteiger partial charge in [0.05, 0.1) is 19.3 Å². The van der Waals surface area contributed by atoms with Crippen LogP contribution in [0.5, 0.6) is 11.5 Å². The second-order valence-corrected chi connectivity index (χ2v) is 4.99. The van der Waals surface area contributed by atoms with Crippen LogP contribution in [0.2, 0.25) is 0 Å². The molecule has 1 aliphatic rings. The molecule has 1 N–H and O–H groups in total. The van der Waals surface area contributed by atoms with Gasteiger partial charge in [0, 0.05) is 11.8 Å². The monoisotopic (exact) mass is 275 g/mol. The van der Waals surface area contributed by atoms with E-state index in [-0.39, 0.29) is 16.7 Å². The van der Waals surface area contributed by atoms with Crippen molar-refractivity contribution >= 4 is 5.97 Å². The van der Waals surface area contributed by atoms with E-state index in [2.05, 4.69) is 6.07 Å². The Morgan fingerprint density at radius 2 is 2.20 bits per heavy atom. The molecular formula is C15H17NO4. The summed E-state index contributed by atoms with van der Waals surface area (Å²) in [5.74, 6) is -0.363. The number of carboxylic acid groups (broad SMARTS) is 1. The lowest BCUT2D eigenvalue weighted by Crippen LogP contribution is -2.15. The van der Waals surface area contributed by atoms with Crippen molar-refractivity contribution in [2.24, 2.45) is 5.41 Å². The summed E-state index contributed by atoms with van der Waals surface area (Å²) in [6, 6.07) is 6.96. The highest BCUT2D eigenvalue weighted by molar-refractivity contribution is 5.92. The number of carboxylic acids is 1. The second-order valence-electron chi connectivity index (χ2n) is 4.99. The van der Waals surface area contributed by atoms with Crippen molar-refractivity contribution in [3.8, 4) is 17.6 Å². The number of nitriles is 1. The standard InChI is InChI=1S/C15H17NO4/c1-2-19-12-5-3-4-11(14(17)18)13(12)20-10-15(6-7-15)8-9-16/h3-5H,2,6-8,10H2,1H3,(H,17,18). The first kappa shape index (κ1) is 14.2. The molecule has 0 aliphatic heterocycles. The van der Waals surface area contributed by atoms with Gasteiger partial charge >= 0.3 is 5.97 Å². The quantitative estimate of drug-likeness (QED) is 0.827. The second kappa shape index (κ2) is 5.83. The molecule has 1 aromatic carbocycles. The van der Waals surface area contributed by atoms with Gasteiger partial charge in [-0.05, 0) is 31.9 Å². The third-order valence-electron chi connectivity index (χ3n) is 3.44. The number of aromatic carboxylic acids is 1. The number of rotatable bonds is 7. The zero-order valence-electron chi connectivity index (χ0n) is 11.4. The normalized spacial score (nSPS) is 15.2. The number of ether oxygens (including phenoxy) is 2. The van der Waals surface area contributed by atoms with Crippen LogP contribution in [0.4, 0.5) is 0 Å². The lowest BCUT2D eigenvalue weighted by atomic mass is 10.1. The Kier molecular flexibility index (Phi) is 4.14. The number of benzene rings is 1. The van der Waals surface area contributed by atoms with E-state index in [0.717, 1.165) is 12.8 Å². The van der Waals surface area contributed by atoms with Gasteiger partial charge in [0.1, 0.15) is 5.56 Å². The predicted octanol–water partition coefficient (Wildman–Crippen LogP) is 2.86. The van der Waals surface area contributed by atoms with Gasteiger partial charge in [-0.1, -0.05) is 6.07 Å². The molecule has 0 aromatic heterocycles. The van der Waals surface area contributed by atoms with Crippen molar-refractivity contribution in [1.82, 2.24) is 0 Å². The van der Waals surface area contributed by atoms with Gasteiger partial charge in [0.25, 0.3) is 0 Å². The minimum atomic E-state index is -1.05. The average molecular weight is 275 g/mol. The van der Waals surface area contributed by atoms with Crippen LogP contribution in [0.3, 0.4) is 0 Å². The average Bonchev–Trinajstić information content (AvgIpc) is 3.18. The van der Waals surface area contributed by atoms with Gasteiger partial charge in [-0.2, -0.15) is 5.26 Å². The van der Waals surface area contributed by atoms with E-state index < -0.39 is 5.97 Å². The Labute approximate surface area is 117 Å². The van der Waals surface area contributed by atoms with E-state index in [1.54, 1.807) is 12.1 Å². The van der Waals surface area contributed by atoms with Gasteiger partial charge in [-0.3, -0.25) is 0 Å². The van der Waals surface area contributed by atoms with E-state index in [1.807, 2.05) is 6.92 Å². The molecule has 0 heterocycles. The first-order chi connectivity index (χ1) is 9.62. The molecule has 106 valence electrons. The lowest BCUT2D eigenvalue weighted by molar-refractivity contribution is 0.0689. The molecule has 0 saturated heterocycles. The molecule has 5 heteroatoms. The highest BCUT2D eigenvalue weighted by atomic mass is 16.5. The van der Waals surface area contributed by atoms with Crippen LogP contribution in [-0.4, -0.2) is 24.3 Å². The molecule has 2 rings (SSSR count). The summed E-state index contributed by atoms with van der Waals surface area (Å²) in [7, 11) is 0. The Balaban J connectivity index is 2.20. The molecule has 0 radical (unpaired) electrons. The van der Waals surface area contributed by atoms with Crippen molar-refractivity contribution in [3.63, 3.8) is 0 Å². The Morgan fingerprint density at radius 3 is 2.75 bits per heavy atom. The first-order valence-electron chi connectivity index (χ1n) is 6.61. The Morgan fingerprint density at radius 1 is 1.45 bits per heavy atom. The highest BCUT2D eigenvalue weighted by Crippen LogP contribution is 2.49. The minimum Gasteiger partial charge on any atom is -0.490 e. The summed E-state index contributed by atoms with van der Waals surface area (Å²) in [4.78, 5) is 11.3. The van der Waals surface area contributed by atoms with E-state index >= 15 is 0 Å². The third-order valence-corrected chi connectivity index (χ3v) is 3.44. The van der Waals surface area contributed by atoms with Crippen LogP contribution in [0.1, 0.15) is 36.5 Å². The van der Waals surface area contributed by atoms with Crippen molar-refractivity contribution in [3.05, 3.63) is 23.8 Å². The molecule has 0 bridgehead atoms. The van der Waals surface area contributed by atoms with Crippen LogP contribution < -0.4 is 9.47 Å². The molecule has 1 aliphatic carbocycles. The first-order valence-corrected chi connectivity index (χ1v) is 6.61. The molecular weight excluding hydrogens is 258 g/mol. The Bertz CT molecular complexity index is 543. The molecule has 0 spiro atoms. The summed E-state index contributed by atoms with van der Waals surface area (Å²) in [5.41, 5.74) is -0.0205. The van der Waals surface area contributed by atoms with Crippen LogP contribution >= 0.6 is 0 Å². The predicted molar refractivity (Wildman–Crippen MR) is 72.0 cm³/mol. The third kappa shape index (κ3) is 3.02. The van der Waals surface area contributed by atoms with Gasteiger partial charge < -0.3 is 14.6 Å². The highest BCUT2D eigenvalue weighted by Gasteiger charge is 2.43. The SMILES string of the molecule is CCOc1cccc(C(=O)O)c1OCC1(CC#N)CC1. The summed E-state index contributed by atoms with van der Waals surface area (Å²) in [5, 5.41) is 18.0. The summed E-state index contributed by atoms with van der Waals surface area (Å²) in [6.07, 6.45) is 2.33. The number of hydrogen-bond donors (Lipinski definition) is 1. The zero-order chi connectivity index (χ0) is 14.6. The maximum atomic E-state index is 11.3. The number of hydrogen-bond acceptors (Lipinski definition) is 4. The largest absolute Gasteiger partial charge is 0.490 e. The fraction of sp³-hybridized carbons (Fsp3) is 0.467. The van der Waals surface area contributed by atoms with Crippen LogP contribution in [-0.2, 0) is 0 Å².